The molecule has 0 aliphatic heterocycles. The number of benzene rings is 1. The SMILES string of the molecule is O=C(CNC(=O)c1ccccc1)Nc1nccnc1Cl. The van der Waals surface area contributed by atoms with Crippen molar-refractivity contribution >= 4 is 29.2 Å². The van der Waals surface area contributed by atoms with Gasteiger partial charge in [0.15, 0.2) is 11.0 Å². The van der Waals surface area contributed by atoms with Crippen molar-refractivity contribution in [2.24, 2.45) is 0 Å². The van der Waals surface area contributed by atoms with Crippen molar-refractivity contribution in [3.05, 3.63) is 53.4 Å². The molecule has 0 atom stereocenters. The van der Waals surface area contributed by atoms with Crippen LogP contribution in [0, 0.1) is 0 Å². The molecule has 2 rings (SSSR count). The fourth-order valence-electron chi connectivity index (χ4n) is 1.43. The Balaban J connectivity index is 1.87. The van der Waals surface area contributed by atoms with E-state index in [2.05, 4.69) is 20.6 Å². The maximum Gasteiger partial charge on any atom is 0.251 e. The van der Waals surface area contributed by atoms with Gasteiger partial charge in [-0.2, -0.15) is 0 Å². The monoisotopic (exact) mass is 290 g/mol. The van der Waals surface area contributed by atoms with Crippen LogP contribution < -0.4 is 10.6 Å². The summed E-state index contributed by atoms with van der Waals surface area (Å²) in [7, 11) is 0. The Morgan fingerprint density at radius 3 is 2.50 bits per heavy atom. The van der Waals surface area contributed by atoms with E-state index in [0.717, 1.165) is 0 Å². The topological polar surface area (TPSA) is 84.0 Å². The Hall–Kier alpha value is -2.47. The molecule has 0 aliphatic carbocycles. The van der Waals surface area contributed by atoms with Gasteiger partial charge in [-0.25, -0.2) is 9.97 Å². The quantitative estimate of drug-likeness (QED) is 0.894. The van der Waals surface area contributed by atoms with Gasteiger partial charge in [-0.05, 0) is 12.1 Å². The fraction of sp³-hybridized carbons (Fsp3) is 0.0769. The number of halogens is 1. The molecule has 2 aromatic rings. The van der Waals surface area contributed by atoms with Gasteiger partial charge in [0.25, 0.3) is 5.91 Å². The van der Waals surface area contributed by atoms with Crippen molar-refractivity contribution in [1.82, 2.24) is 15.3 Å². The van der Waals surface area contributed by atoms with Crippen molar-refractivity contribution in [3.63, 3.8) is 0 Å². The third kappa shape index (κ3) is 3.76. The average molecular weight is 291 g/mol. The first-order valence-electron chi connectivity index (χ1n) is 5.76. The molecule has 0 aliphatic rings. The highest BCUT2D eigenvalue weighted by molar-refractivity contribution is 6.32. The molecule has 0 saturated heterocycles. The van der Waals surface area contributed by atoms with Gasteiger partial charge in [0, 0.05) is 18.0 Å². The van der Waals surface area contributed by atoms with Crippen LogP contribution in [0.2, 0.25) is 5.15 Å². The zero-order valence-corrected chi connectivity index (χ0v) is 11.1. The van der Waals surface area contributed by atoms with E-state index in [1.54, 1.807) is 30.3 Å². The van der Waals surface area contributed by atoms with Gasteiger partial charge in [-0.3, -0.25) is 9.59 Å². The summed E-state index contributed by atoms with van der Waals surface area (Å²) in [6.45, 7) is -0.180. The average Bonchev–Trinajstić information content (AvgIpc) is 2.48. The van der Waals surface area contributed by atoms with Crippen LogP contribution >= 0.6 is 11.6 Å². The zero-order valence-electron chi connectivity index (χ0n) is 10.3. The van der Waals surface area contributed by atoms with E-state index in [4.69, 9.17) is 11.6 Å². The molecule has 0 bridgehead atoms. The molecule has 0 unspecified atom stereocenters. The van der Waals surface area contributed by atoms with Crippen molar-refractivity contribution in [2.75, 3.05) is 11.9 Å². The molecular weight excluding hydrogens is 280 g/mol. The molecule has 1 heterocycles. The normalized spacial score (nSPS) is 9.85. The van der Waals surface area contributed by atoms with Crippen LogP contribution in [-0.2, 0) is 4.79 Å². The first-order chi connectivity index (χ1) is 9.66. The largest absolute Gasteiger partial charge is 0.343 e. The number of carbonyl (C=O) groups excluding carboxylic acids is 2. The van der Waals surface area contributed by atoms with Gasteiger partial charge in [0.05, 0.1) is 6.54 Å². The molecule has 102 valence electrons. The summed E-state index contributed by atoms with van der Waals surface area (Å²) in [4.78, 5) is 31.0. The smallest absolute Gasteiger partial charge is 0.251 e. The molecule has 0 saturated carbocycles. The van der Waals surface area contributed by atoms with Gasteiger partial charge in [-0.15, -0.1) is 0 Å². The van der Waals surface area contributed by atoms with Gasteiger partial charge in [0.2, 0.25) is 5.91 Å². The summed E-state index contributed by atoms with van der Waals surface area (Å²) >= 11 is 5.75. The number of rotatable bonds is 4. The molecule has 20 heavy (non-hydrogen) atoms. The molecule has 1 aromatic carbocycles. The van der Waals surface area contributed by atoms with Crippen LogP contribution in [-0.4, -0.2) is 28.3 Å². The molecule has 0 radical (unpaired) electrons. The number of hydrogen-bond acceptors (Lipinski definition) is 4. The summed E-state index contributed by atoms with van der Waals surface area (Å²) in [5, 5.41) is 5.05. The maximum atomic E-state index is 11.7. The van der Waals surface area contributed by atoms with Crippen molar-refractivity contribution in [3.8, 4) is 0 Å². The molecule has 7 heteroatoms. The van der Waals surface area contributed by atoms with E-state index in [0.29, 0.717) is 5.56 Å². The number of nitrogens with one attached hydrogen (secondary N) is 2. The predicted molar refractivity (Wildman–Crippen MR) is 74.4 cm³/mol. The third-order valence-corrected chi connectivity index (χ3v) is 2.63. The van der Waals surface area contributed by atoms with Crippen LogP contribution in [0.3, 0.4) is 0 Å². The van der Waals surface area contributed by atoms with Crippen LogP contribution in [0.15, 0.2) is 42.7 Å². The first kappa shape index (κ1) is 14.0. The van der Waals surface area contributed by atoms with E-state index in [9.17, 15) is 9.59 Å². The highest BCUT2D eigenvalue weighted by atomic mass is 35.5. The number of hydrogen-bond donors (Lipinski definition) is 2. The summed E-state index contributed by atoms with van der Waals surface area (Å²) in [5.74, 6) is -0.601. The van der Waals surface area contributed by atoms with E-state index in [1.165, 1.54) is 12.4 Å². The van der Waals surface area contributed by atoms with Crippen molar-refractivity contribution in [1.29, 1.82) is 0 Å². The predicted octanol–water partition coefficient (Wildman–Crippen LogP) is 1.50. The Kier molecular flexibility index (Phi) is 4.62. The van der Waals surface area contributed by atoms with Crippen LogP contribution in [0.5, 0.6) is 0 Å². The highest BCUT2D eigenvalue weighted by Crippen LogP contribution is 2.13. The molecule has 0 fully saturated rings. The number of nitrogens with zero attached hydrogens (tertiary/aromatic N) is 2. The number of aromatic nitrogens is 2. The van der Waals surface area contributed by atoms with E-state index < -0.39 is 5.91 Å². The summed E-state index contributed by atoms with van der Waals surface area (Å²) in [6.07, 6.45) is 2.82. The number of anilines is 1. The van der Waals surface area contributed by atoms with Crippen LogP contribution in [0.4, 0.5) is 5.82 Å². The molecule has 2 amide bonds. The van der Waals surface area contributed by atoms with E-state index in [-0.39, 0.29) is 23.4 Å². The molecule has 1 aromatic heterocycles. The van der Waals surface area contributed by atoms with E-state index in [1.807, 2.05) is 0 Å². The van der Waals surface area contributed by atoms with Crippen molar-refractivity contribution < 1.29 is 9.59 Å². The maximum absolute atomic E-state index is 11.7. The van der Waals surface area contributed by atoms with Gasteiger partial charge in [-0.1, -0.05) is 29.8 Å². The lowest BCUT2D eigenvalue weighted by atomic mass is 10.2. The Bertz CT molecular complexity index is 619. The zero-order chi connectivity index (χ0) is 14.4. The molecule has 0 spiro atoms. The molecule has 6 nitrogen and oxygen atoms in total. The van der Waals surface area contributed by atoms with E-state index >= 15 is 0 Å². The molecule has 2 N–H and O–H groups in total. The first-order valence-corrected chi connectivity index (χ1v) is 6.14. The van der Waals surface area contributed by atoms with Gasteiger partial charge in [0.1, 0.15) is 0 Å². The lowest BCUT2D eigenvalue weighted by molar-refractivity contribution is -0.115. The van der Waals surface area contributed by atoms with Gasteiger partial charge < -0.3 is 10.6 Å². The number of amides is 2. The second-order valence-electron chi connectivity index (χ2n) is 3.79. The Morgan fingerprint density at radius 2 is 1.80 bits per heavy atom. The van der Waals surface area contributed by atoms with Crippen LogP contribution in [0.1, 0.15) is 10.4 Å². The number of carbonyl (C=O) groups is 2. The summed E-state index contributed by atoms with van der Waals surface area (Å²) < 4.78 is 0. The minimum absolute atomic E-state index is 0.0928. The van der Waals surface area contributed by atoms with Gasteiger partial charge >= 0.3 is 0 Å². The standard InChI is InChI=1S/C13H11ClN4O2/c14-11-12(16-7-6-15-11)18-10(19)8-17-13(20)9-4-2-1-3-5-9/h1-7H,8H2,(H,17,20)(H,16,18,19). The third-order valence-electron chi connectivity index (χ3n) is 2.36. The summed E-state index contributed by atoms with van der Waals surface area (Å²) in [5.41, 5.74) is 0.484. The second-order valence-corrected chi connectivity index (χ2v) is 4.15. The lowest BCUT2D eigenvalue weighted by Crippen LogP contribution is -2.33. The minimum Gasteiger partial charge on any atom is -0.343 e. The summed E-state index contributed by atoms with van der Waals surface area (Å²) in [6, 6.07) is 8.61. The highest BCUT2D eigenvalue weighted by Gasteiger charge is 2.10. The van der Waals surface area contributed by atoms with Crippen molar-refractivity contribution in [2.45, 2.75) is 0 Å². The Labute approximate surface area is 120 Å². The lowest BCUT2D eigenvalue weighted by Gasteiger charge is -2.06. The molecular formula is C13H11ClN4O2. The Morgan fingerprint density at radius 1 is 1.10 bits per heavy atom. The van der Waals surface area contributed by atoms with Crippen LogP contribution in [0.25, 0.3) is 0 Å². The fourth-order valence-corrected chi connectivity index (χ4v) is 1.59. The second kappa shape index (κ2) is 6.63. The minimum atomic E-state index is -0.434.